The summed E-state index contributed by atoms with van der Waals surface area (Å²) in [6.45, 7) is 7.86. The lowest BCUT2D eigenvalue weighted by molar-refractivity contribution is -0.136. The van der Waals surface area contributed by atoms with Gasteiger partial charge in [-0.1, -0.05) is 0 Å². The van der Waals surface area contributed by atoms with Gasteiger partial charge in [0.05, 0.1) is 13.3 Å². The van der Waals surface area contributed by atoms with Gasteiger partial charge in [0, 0.05) is 18.3 Å². The summed E-state index contributed by atoms with van der Waals surface area (Å²) in [6.07, 6.45) is 4.10. The predicted molar refractivity (Wildman–Crippen MR) is 77.3 cm³/mol. The fourth-order valence-electron chi connectivity index (χ4n) is 1.46. The SMILES string of the molecule is CCn1cc(/C=C(/NC(=O)OC(C)(C)C)C(=O)OC)cn1. The third-order valence-electron chi connectivity index (χ3n) is 2.33. The van der Waals surface area contributed by atoms with Crippen molar-refractivity contribution >= 4 is 18.1 Å². The molecule has 0 aromatic carbocycles. The van der Waals surface area contributed by atoms with Crippen molar-refractivity contribution < 1.29 is 19.1 Å². The van der Waals surface area contributed by atoms with E-state index in [1.54, 1.807) is 37.8 Å². The molecule has 0 saturated heterocycles. The Balaban J connectivity index is 2.90. The smallest absolute Gasteiger partial charge is 0.412 e. The maximum Gasteiger partial charge on any atom is 0.412 e. The molecular formula is C14H21N3O4. The Morgan fingerprint density at radius 3 is 2.57 bits per heavy atom. The first-order chi connectivity index (χ1) is 9.75. The van der Waals surface area contributed by atoms with Gasteiger partial charge in [0.15, 0.2) is 0 Å². The molecule has 1 aromatic heterocycles. The van der Waals surface area contributed by atoms with E-state index in [0.717, 1.165) is 0 Å². The number of ether oxygens (including phenoxy) is 2. The van der Waals surface area contributed by atoms with Gasteiger partial charge in [-0.15, -0.1) is 0 Å². The highest BCUT2D eigenvalue weighted by Gasteiger charge is 2.20. The average Bonchev–Trinajstić information content (AvgIpc) is 2.82. The Labute approximate surface area is 123 Å². The number of nitrogens with zero attached hydrogens (tertiary/aromatic N) is 2. The van der Waals surface area contributed by atoms with Crippen molar-refractivity contribution in [2.24, 2.45) is 0 Å². The van der Waals surface area contributed by atoms with Crippen LogP contribution < -0.4 is 5.32 Å². The van der Waals surface area contributed by atoms with Crippen LogP contribution in [-0.4, -0.2) is 34.6 Å². The molecule has 21 heavy (non-hydrogen) atoms. The second kappa shape index (κ2) is 6.92. The van der Waals surface area contributed by atoms with Crippen LogP contribution in [0.1, 0.15) is 33.3 Å². The number of carbonyl (C=O) groups excluding carboxylic acids is 2. The number of esters is 1. The van der Waals surface area contributed by atoms with Crippen molar-refractivity contribution in [1.29, 1.82) is 0 Å². The van der Waals surface area contributed by atoms with Crippen LogP contribution in [0.5, 0.6) is 0 Å². The highest BCUT2D eigenvalue weighted by atomic mass is 16.6. The number of carbonyl (C=O) groups is 2. The van der Waals surface area contributed by atoms with Gasteiger partial charge in [-0.05, 0) is 33.8 Å². The quantitative estimate of drug-likeness (QED) is 0.678. The van der Waals surface area contributed by atoms with Crippen molar-refractivity contribution in [3.05, 3.63) is 23.7 Å². The Hall–Kier alpha value is -2.31. The topological polar surface area (TPSA) is 82.5 Å². The van der Waals surface area contributed by atoms with Gasteiger partial charge >= 0.3 is 12.1 Å². The van der Waals surface area contributed by atoms with Crippen molar-refractivity contribution in [3.63, 3.8) is 0 Å². The van der Waals surface area contributed by atoms with Gasteiger partial charge in [-0.3, -0.25) is 10.00 Å². The number of hydrogen-bond donors (Lipinski definition) is 1. The number of alkyl carbamates (subject to hydrolysis) is 1. The first-order valence-corrected chi connectivity index (χ1v) is 6.57. The van der Waals surface area contributed by atoms with Gasteiger partial charge < -0.3 is 9.47 Å². The number of rotatable bonds is 4. The summed E-state index contributed by atoms with van der Waals surface area (Å²) in [7, 11) is 1.24. The van der Waals surface area contributed by atoms with Gasteiger partial charge in [0.1, 0.15) is 11.3 Å². The first-order valence-electron chi connectivity index (χ1n) is 6.57. The molecule has 0 unspecified atom stereocenters. The second-order valence-electron chi connectivity index (χ2n) is 5.31. The zero-order chi connectivity index (χ0) is 16.0. The lowest BCUT2D eigenvalue weighted by atomic mass is 10.2. The maximum absolute atomic E-state index is 11.7. The van der Waals surface area contributed by atoms with Crippen molar-refractivity contribution in [2.45, 2.75) is 39.8 Å². The van der Waals surface area contributed by atoms with Crippen LogP contribution >= 0.6 is 0 Å². The molecular weight excluding hydrogens is 274 g/mol. The molecule has 0 aliphatic rings. The minimum atomic E-state index is -0.720. The van der Waals surface area contributed by atoms with Crippen molar-refractivity contribution in [3.8, 4) is 0 Å². The molecule has 0 radical (unpaired) electrons. The Morgan fingerprint density at radius 2 is 2.10 bits per heavy atom. The van der Waals surface area contributed by atoms with Crippen LogP contribution in [0.25, 0.3) is 6.08 Å². The summed E-state index contributed by atoms with van der Waals surface area (Å²) in [5.74, 6) is -0.662. The van der Waals surface area contributed by atoms with Gasteiger partial charge in [-0.2, -0.15) is 5.10 Å². The van der Waals surface area contributed by atoms with Crippen LogP contribution in [-0.2, 0) is 20.8 Å². The monoisotopic (exact) mass is 295 g/mol. The lowest BCUT2D eigenvalue weighted by Gasteiger charge is -2.20. The van der Waals surface area contributed by atoms with Crippen LogP contribution in [0, 0.1) is 0 Å². The van der Waals surface area contributed by atoms with Crippen molar-refractivity contribution in [2.75, 3.05) is 7.11 Å². The molecule has 0 atom stereocenters. The summed E-state index contributed by atoms with van der Waals surface area (Å²) in [6, 6.07) is 0. The normalized spacial score (nSPS) is 12.0. The molecule has 0 aliphatic carbocycles. The largest absolute Gasteiger partial charge is 0.464 e. The molecule has 0 aliphatic heterocycles. The van der Waals surface area contributed by atoms with Crippen LogP contribution in [0.2, 0.25) is 0 Å². The zero-order valence-electron chi connectivity index (χ0n) is 13.0. The fourth-order valence-corrected chi connectivity index (χ4v) is 1.46. The van der Waals surface area contributed by atoms with Crippen LogP contribution in [0.4, 0.5) is 4.79 Å². The van der Waals surface area contributed by atoms with Gasteiger partial charge in [0.25, 0.3) is 0 Å². The van der Waals surface area contributed by atoms with E-state index in [1.807, 2.05) is 6.92 Å². The molecule has 0 spiro atoms. The van der Waals surface area contributed by atoms with E-state index in [0.29, 0.717) is 12.1 Å². The molecule has 7 heteroatoms. The summed E-state index contributed by atoms with van der Waals surface area (Å²) in [5, 5.41) is 6.48. The highest BCUT2D eigenvalue weighted by Crippen LogP contribution is 2.09. The maximum atomic E-state index is 11.7. The number of aryl methyl sites for hydroxylation is 1. The average molecular weight is 295 g/mol. The van der Waals surface area contributed by atoms with Crippen molar-refractivity contribution in [1.82, 2.24) is 15.1 Å². The van der Waals surface area contributed by atoms with E-state index >= 15 is 0 Å². The molecule has 7 nitrogen and oxygen atoms in total. The third kappa shape index (κ3) is 5.68. The van der Waals surface area contributed by atoms with E-state index in [4.69, 9.17) is 4.74 Å². The third-order valence-corrected chi connectivity index (χ3v) is 2.33. The minimum absolute atomic E-state index is 0.0117. The standard InChI is InChI=1S/C14H21N3O4/c1-6-17-9-10(8-15-17)7-11(12(18)20-5)16-13(19)21-14(2,3)4/h7-9H,6H2,1-5H3,(H,16,19)/b11-7+. The van der Waals surface area contributed by atoms with Crippen LogP contribution in [0.3, 0.4) is 0 Å². The number of methoxy groups -OCH3 is 1. The van der Waals surface area contributed by atoms with E-state index < -0.39 is 17.7 Å². The van der Waals surface area contributed by atoms with E-state index in [2.05, 4.69) is 15.2 Å². The molecule has 1 N–H and O–H groups in total. The van der Waals surface area contributed by atoms with E-state index in [9.17, 15) is 9.59 Å². The highest BCUT2D eigenvalue weighted by molar-refractivity contribution is 5.96. The van der Waals surface area contributed by atoms with Gasteiger partial charge in [0.2, 0.25) is 0 Å². The van der Waals surface area contributed by atoms with Crippen LogP contribution in [0.15, 0.2) is 18.1 Å². The van der Waals surface area contributed by atoms with Gasteiger partial charge in [-0.25, -0.2) is 9.59 Å². The predicted octanol–water partition coefficient (Wildman–Crippen LogP) is 1.94. The molecule has 0 bridgehead atoms. The number of nitrogens with one attached hydrogen (secondary N) is 1. The molecule has 1 rings (SSSR count). The Bertz CT molecular complexity index is 541. The second-order valence-corrected chi connectivity index (χ2v) is 5.31. The van der Waals surface area contributed by atoms with E-state index in [1.165, 1.54) is 13.2 Å². The summed E-state index contributed by atoms with van der Waals surface area (Å²) in [5.41, 5.74) is 0.00834. The fraction of sp³-hybridized carbons (Fsp3) is 0.500. The molecule has 1 heterocycles. The molecule has 1 aromatic rings. The summed E-state index contributed by atoms with van der Waals surface area (Å²) < 4.78 is 11.5. The molecule has 0 saturated carbocycles. The summed E-state index contributed by atoms with van der Waals surface area (Å²) >= 11 is 0. The van der Waals surface area contributed by atoms with E-state index in [-0.39, 0.29) is 5.70 Å². The number of aromatic nitrogens is 2. The minimum Gasteiger partial charge on any atom is -0.464 e. The molecule has 116 valence electrons. The molecule has 0 fully saturated rings. The number of amides is 1. The Kier molecular flexibility index (Phi) is 5.52. The Morgan fingerprint density at radius 1 is 1.43 bits per heavy atom. The lowest BCUT2D eigenvalue weighted by Crippen LogP contribution is -2.34. The first kappa shape index (κ1) is 16.7. The number of hydrogen-bond acceptors (Lipinski definition) is 5. The molecule has 1 amide bonds. The summed E-state index contributed by atoms with van der Waals surface area (Å²) in [4.78, 5) is 23.4. The zero-order valence-corrected chi connectivity index (χ0v) is 13.0.